The summed E-state index contributed by atoms with van der Waals surface area (Å²) in [5.41, 5.74) is 3.11. The molecule has 1 heterocycles. The Hall–Kier alpha value is -2.29. The Morgan fingerprint density at radius 3 is 2.63 bits per heavy atom. The maximum Gasteiger partial charge on any atom is 0.336 e. The zero-order valence-electron chi connectivity index (χ0n) is 17.1. The molecule has 0 saturated heterocycles. The average molecular weight is 369 g/mol. The molecule has 0 fully saturated rings. The van der Waals surface area contributed by atoms with Gasteiger partial charge in [0.25, 0.3) is 0 Å². The van der Waals surface area contributed by atoms with Crippen LogP contribution >= 0.6 is 0 Å². The molecule has 0 N–H and O–H groups in total. The van der Waals surface area contributed by atoms with Crippen LogP contribution in [0.4, 0.5) is 0 Å². The molecule has 0 aliphatic rings. The summed E-state index contributed by atoms with van der Waals surface area (Å²) < 4.78 is 11.0. The maximum absolute atomic E-state index is 11.3. The van der Waals surface area contributed by atoms with E-state index in [1.54, 1.807) is 12.1 Å². The Labute approximate surface area is 162 Å². The first-order valence-electron chi connectivity index (χ1n) is 9.90. The molecule has 2 rings (SSSR count). The third-order valence-electron chi connectivity index (χ3n) is 4.72. The van der Waals surface area contributed by atoms with Crippen molar-refractivity contribution in [3.05, 3.63) is 64.1 Å². The van der Waals surface area contributed by atoms with Gasteiger partial charge < -0.3 is 9.15 Å². The van der Waals surface area contributed by atoms with E-state index in [2.05, 4.69) is 39.8 Å². The van der Waals surface area contributed by atoms with Crippen LogP contribution < -0.4 is 10.4 Å². The topological polar surface area (TPSA) is 39.4 Å². The highest BCUT2D eigenvalue weighted by atomic mass is 16.5. The smallest absolute Gasteiger partial charge is 0.336 e. The summed E-state index contributed by atoms with van der Waals surface area (Å²) in [4.78, 5) is 11.3. The largest absolute Gasteiger partial charge is 0.493 e. The molecule has 3 nitrogen and oxygen atoms in total. The van der Waals surface area contributed by atoms with Gasteiger partial charge in [0.2, 0.25) is 0 Å². The molecule has 1 aromatic carbocycles. The van der Waals surface area contributed by atoms with Gasteiger partial charge in [0.15, 0.2) is 0 Å². The fourth-order valence-corrected chi connectivity index (χ4v) is 2.96. The van der Waals surface area contributed by atoms with E-state index < -0.39 is 0 Å². The van der Waals surface area contributed by atoms with Gasteiger partial charge in [-0.05, 0) is 77.0 Å². The minimum atomic E-state index is -0.336. The predicted octanol–water partition coefficient (Wildman–Crippen LogP) is 6.67. The van der Waals surface area contributed by atoms with E-state index in [1.807, 2.05) is 12.1 Å². The number of hydrogen-bond acceptors (Lipinski definition) is 3. The lowest BCUT2D eigenvalue weighted by Gasteiger charge is -2.12. The monoisotopic (exact) mass is 368 g/mol. The lowest BCUT2D eigenvalue weighted by atomic mass is 10.0. The molecule has 0 bridgehead atoms. The molecule has 0 radical (unpaired) electrons. The van der Waals surface area contributed by atoms with Gasteiger partial charge in [-0.15, -0.1) is 0 Å². The van der Waals surface area contributed by atoms with E-state index in [4.69, 9.17) is 9.15 Å². The average Bonchev–Trinajstić information content (AvgIpc) is 2.61. The summed E-state index contributed by atoms with van der Waals surface area (Å²) in [6.45, 7) is 9.47. The second-order valence-corrected chi connectivity index (χ2v) is 7.64. The number of allylic oxidation sites excluding steroid dienone is 4. The Bertz CT molecular complexity index is 838. The van der Waals surface area contributed by atoms with Crippen molar-refractivity contribution in [1.82, 2.24) is 0 Å². The summed E-state index contributed by atoms with van der Waals surface area (Å²) in [5.74, 6) is 1.37. The number of hydrogen-bond donors (Lipinski definition) is 0. The first kappa shape index (κ1) is 21.0. The van der Waals surface area contributed by atoms with Crippen molar-refractivity contribution in [2.45, 2.75) is 59.8 Å². The molecule has 27 heavy (non-hydrogen) atoms. The highest BCUT2D eigenvalue weighted by Gasteiger charge is 2.04. The van der Waals surface area contributed by atoms with Crippen LogP contribution in [0.1, 0.15) is 59.8 Å². The van der Waals surface area contributed by atoms with E-state index in [0.717, 1.165) is 36.8 Å². The molecule has 3 heteroatoms. The fraction of sp³-hybridized carbons (Fsp3) is 0.458. The molecule has 146 valence electrons. The normalized spacial score (nSPS) is 12.8. The van der Waals surface area contributed by atoms with Crippen LogP contribution in [-0.2, 0) is 0 Å². The number of rotatable bonds is 10. The number of fused-ring (bicyclic) bond motifs is 1. The molecule has 0 aliphatic heterocycles. The van der Waals surface area contributed by atoms with E-state index in [-0.39, 0.29) is 5.63 Å². The maximum atomic E-state index is 11.3. The minimum Gasteiger partial charge on any atom is -0.493 e. The zero-order valence-corrected chi connectivity index (χ0v) is 17.1. The van der Waals surface area contributed by atoms with Gasteiger partial charge in [0, 0.05) is 17.5 Å². The first-order valence-corrected chi connectivity index (χ1v) is 9.90. The highest BCUT2D eigenvalue weighted by Crippen LogP contribution is 2.20. The lowest BCUT2D eigenvalue weighted by molar-refractivity contribution is 0.279. The summed E-state index contributed by atoms with van der Waals surface area (Å²) in [5, 5.41) is 0.905. The first-order chi connectivity index (χ1) is 12.9. The van der Waals surface area contributed by atoms with Gasteiger partial charge in [-0.25, -0.2) is 4.79 Å². The molecule has 0 aliphatic carbocycles. The number of ether oxygens (including phenoxy) is 1. The Morgan fingerprint density at radius 1 is 1.07 bits per heavy atom. The third-order valence-corrected chi connectivity index (χ3v) is 4.72. The van der Waals surface area contributed by atoms with Crippen molar-refractivity contribution in [2.75, 3.05) is 6.61 Å². The molecule has 1 atom stereocenters. The van der Waals surface area contributed by atoms with Crippen molar-refractivity contribution in [3.63, 3.8) is 0 Å². The highest BCUT2D eigenvalue weighted by molar-refractivity contribution is 5.77. The molecule has 1 unspecified atom stereocenters. The quantitative estimate of drug-likeness (QED) is 0.347. The van der Waals surface area contributed by atoms with Crippen LogP contribution in [0.2, 0.25) is 0 Å². The second kappa shape index (κ2) is 10.8. The Balaban J connectivity index is 1.70. The van der Waals surface area contributed by atoms with Crippen molar-refractivity contribution in [2.24, 2.45) is 5.92 Å². The van der Waals surface area contributed by atoms with E-state index in [9.17, 15) is 4.79 Å². The van der Waals surface area contributed by atoms with Crippen molar-refractivity contribution in [3.8, 4) is 5.75 Å². The third kappa shape index (κ3) is 7.86. The van der Waals surface area contributed by atoms with Crippen LogP contribution in [-0.4, -0.2) is 6.61 Å². The second-order valence-electron chi connectivity index (χ2n) is 7.64. The molecule has 1 aromatic heterocycles. The molecule has 0 amide bonds. The molecular weight excluding hydrogens is 336 g/mol. The van der Waals surface area contributed by atoms with Crippen LogP contribution in [0.3, 0.4) is 0 Å². The van der Waals surface area contributed by atoms with E-state index >= 15 is 0 Å². The minimum absolute atomic E-state index is 0.336. The van der Waals surface area contributed by atoms with Crippen molar-refractivity contribution >= 4 is 11.0 Å². The summed E-state index contributed by atoms with van der Waals surface area (Å²) >= 11 is 0. The van der Waals surface area contributed by atoms with Crippen LogP contribution in [0.5, 0.6) is 5.75 Å². The Kier molecular flexibility index (Phi) is 8.38. The van der Waals surface area contributed by atoms with Crippen LogP contribution in [0.15, 0.2) is 62.8 Å². The fourth-order valence-electron chi connectivity index (χ4n) is 2.96. The SMILES string of the molecule is CC(C)=CCC/C(C)=C\CCC(C)CCOc1ccc2ccc(=O)oc2c1. The van der Waals surface area contributed by atoms with Crippen molar-refractivity contribution < 1.29 is 9.15 Å². The van der Waals surface area contributed by atoms with Crippen LogP contribution in [0, 0.1) is 5.92 Å². The standard InChI is InChI=1S/C24H32O3/c1-18(2)7-5-8-19(3)9-6-10-20(4)15-16-26-22-13-11-21-12-14-24(25)27-23(21)17-22/h7,9,11-14,17,20H,5-6,8,10,15-16H2,1-4H3/b19-9-. The summed E-state index contributed by atoms with van der Waals surface area (Å²) in [7, 11) is 0. The van der Waals surface area contributed by atoms with Crippen LogP contribution in [0.25, 0.3) is 11.0 Å². The van der Waals surface area contributed by atoms with Gasteiger partial charge in [-0.2, -0.15) is 0 Å². The molecule has 0 spiro atoms. The zero-order chi connectivity index (χ0) is 19.6. The lowest BCUT2D eigenvalue weighted by Crippen LogP contribution is -2.04. The predicted molar refractivity (Wildman–Crippen MR) is 113 cm³/mol. The summed E-state index contributed by atoms with van der Waals surface area (Å²) in [6.07, 6.45) is 10.3. The van der Waals surface area contributed by atoms with Gasteiger partial charge in [0.1, 0.15) is 11.3 Å². The molecule has 0 saturated carbocycles. The van der Waals surface area contributed by atoms with Crippen molar-refractivity contribution in [1.29, 1.82) is 0 Å². The molecule has 2 aromatic rings. The molecular formula is C24H32O3. The number of benzene rings is 1. The van der Waals surface area contributed by atoms with Gasteiger partial charge in [0.05, 0.1) is 6.61 Å². The van der Waals surface area contributed by atoms with Gasteiger partial charge >= 0.3 is 5.63 Å². The summed E-state index contributed by atoms with van der Waals surface area (Å²) in [6, 6.07) is 8.83. The van der Waals surface area contributed by atoms with E-state index in [1.165, 1.54) is 23.6 Å². The van der Waals surface area contributed by atoms with E-state index in [0.29, 0.717) is 18.1 Å². The van der Waals surface area contributed by atoms with Gasteiger partial charge in [-0.1, -0.05) is 30.2 Å². The Morgan fingerprint density at radius 2 is 1.85 bits per heavy atom. The van der Waals surface area contributed by atoms with Gasteiger partial charge in [-0.3, -0.25) is 0 Å².